The van der Waals surface area contributed by atoms with Crippen LogP contribution in [0, 0.1) is 5.13 Å². The zero-order chi connectivity index (χ0) is 13.0. The molecule has 2 nitrogen and oxygen atoms in total. The quantitative estimate of drug-likeness (QED) is 0.830. The minimum absolute atomic E-state index is 0.156. The number of methoxy groups -OCH3 is 1. The van der Waals surface area contributed by atoms with Crippen molar-refractivity contribution >= 4 is 28.8 Å². The summed E-state index contributed by atoms with van der Waals surface area (Å²) < 4.78 is 18.2. The molecule has 1 aromatic carbocycles. The van der Waals surface area contributed by atoms with Crippen molar-refractivity contribution in [2.24, 2.45) is 0 Å². The summed E-state index contributed by atoms with van der Waals surface area (Å²) in [4.78, 5) is 2.11. The van der Waals surface area contributed by atoms with Gasteiger partial charge in [0.1, 0.15) is 5.75 Å². The summed E-state index contributed by atoms with van der Waals surface area (Å²) >= 11 is 2.82. The molecule has 0 saturated heterocycles. The molecule has 0 amide bonds. The van der Waals surface area contributed by atoms with Crippen LogP contribution >= 0.6 is 23.1 Å². The molecule has 0 radical (unpaired) electrons. The first-order chi connectivity index (χ1) is 8.72. The zero-order valence-corrected chi connectivity index (χ0v) is 11.8. The van der Waals surface area contributed by atoms with Crippen molar-refractivity contribution in [3.05, 3.63) is 40.3 Å². The molecule has 0 atom stereocenters. The van der Waals surface area contributed by atoms with E-state index < -0.39 is 0 Å². The summed E-state index contributed by atoms with van der Waals surface area (Å²) in [6, 6.07) is 9.27. The van der Waals surface area contributed by atoms with Gasteiger partial charge in [-0.25, -0.2) is 0 Å². The first kappa shape index (κ1) is 13.2. The van der Waals surface area contributed by atoms with Crippen LogP contribution in [0.15, 0.2) is 35.2 Å². The van der Waals surface area contributed by atoms with Crippen LogP contribution in [0.3, 0.4) is 0 Å². The third kappa shape index (κ3) is 3.17. The summed E-state index contributed by atoms with van der Waals surface area (Å²) in [7, 11) is 1.65. The Hall–Kier alpha value is -1.20. The third-order valence-electron chi connectivity index (χ3n) is 2.49. The Kier molecular flexibility index (Phi) is 4.49. The van der Waals surface area contributed by atoms with Crippen molar-refractivity contribution in [2.75, 3.05) is 18.7 Å². The number of ether oxygens (including phenoxy) is 1. The predicted molar refractivity (Wildman–Crippen MR) is 76.4 cm³/mol. The van der Waals surface area contributed by atoms with E-state index in [0.717, 1.165) is 32.5 Å². The normalized spacial score (nSPS) is 10.4. The van der Waals surface area contributed by atoms with Crippen LogP contribution in [-0.2, 0) is 6.54 Å². The van der Waals surface area contributed by atoms with Crippen LogP contribution in [-0.4, -0.2) is 13.4 Å². The van der Waals surface area contributed by atoms with Crippen molar-refractivity contribution in [2.45, 2.75) is 11.4 Å². The van der Waals surface area contributed by atoms with E-state index in [1.165, 1.54) is 6.07 Å². The molecule has 0 aliphatic carbocycles. The molecular formula is C13H14FNOS2. The number of nitrogens with one attached hydrogen (secondary N) is 1. The van der Waals surface area contributed by atoms with Gasteiger partial charge in [-0.15, -0.1) is 23.1 Å². The second kappa shape index (κ2) is 6.11. The van der Waals surface area contributed by atoms with Gasteiger partial charge in [-0.1, -0.05) is 0 Å². The van der Waals surface area contributed by atoms with E-state index in [9.17, 15) is 4.39 Å². The Morgan fingerprint density at radius 3 is 2.78 bits per heavy atom. The number of thiophene rings is 1. The van der Waals surface area contributed by atoms with Crippen LogP contribution in [0.2, 0.25) is 0 Å². The molecule has 0 aliphatic heterocycles. The van der Waals surface area contributed by atoms with Gasteiger partial charge < -0.3 is 10.1 Å². The Labute approximate surface area is 114 Å². The van der Waals surface area contributed by atoms with Gasteiger partial charge in [-0.2, -0.15) is 4.39 Å². The molecule has 0 bridgehead atoms. The van der Waals surface area contributed by atoms with Crippen molar-refractivity contribution in [1.82, 2.24) is 0 Å². The molecule has 1 heterocycles. The second-order valence-corrected chi connectivity index (χ2v) is 5.62. The van der Waals surface area contributed by atoms with E-state index in [1.54, 1.807) is 24.9 Å². The maximum Gasteiger partial charge on any atom is 0.176 e. The number of hydrogen-bond acceptors (Lipinski definition) is 4. The number of halogens is 1. The van der Waals surface area contributed by atoms with Gasteiger partial charge in [-0.3, -0.25) is 0 Å². The van der Waals surface area contributed by atoms with Crippen molar-refractivity contribution < 1.29 is 9.13 Å². The van der Waals surface area contributed by atoms with E-state index in [-0.39, 0.29) is 5.13 Å². The number of rotatable bonds is 5. The van der Waals surface area contributed by atoms with Crippen LogP contribution < -0.4 is 10.1 Å². The molecule has 0 saturated carbocycles. The topological polar surface area (TPSA) is 21.3 Å². The molecule has 2 aromatic rings. The highest BCUT2D eigenvalue weighted by Gasteiger charge is 2.05. The van der Waals surface area contributed by atoms with Gasteiger partial charge in [0.2, 0.25) is 0 Å². The standard InChI is InChI=1S/C13H14FNOS2/c1-16-12-7-9(17-2)3-5-11(12)15-8-10-4-6-13(14)18-10/h3-7,15H,8H2,1-2H3. The van der Waals surface area contributed by atoms with Gasteiger partial charge in [0.15, 0.2) is 5.13 Å². The molecule has 2 rings (SSSR count). The Morgan fingerprint density at radius 2 is 2.17 bits per heavy atom. The second-order valence-electron chi connectivity index (χ2n) is 3.63. The Balaban J connectivity index is 2.08. The van der Waals surface area contributed by atoms with Crippen molar-refractivity contribution in [3.63, 3.8) is 0 Å². The number of hydrogen-bond donors (Lipinski definition) is 1. The summed E-state index contributed by atoms with van der Waals surface area (Å²) in [5.41, 5.74) is 0.920. The fraction of sp³-hybridized carbons (Fsp3) is 0.231. The maximum absolute atomic E-state index is 12.9. The van der Waals surface area contributed by atoms with Gasteiger partial charge in [-0.05, 0) is 36.6 Å². The van der Waals surface area contributed by atoms with Crippen molar-refractivity contribution in [3.8, 4) is 5.75 Å². The average molecular weight is 283 g/mol. The molecule has 5 heteroatoms. The molecule has 1 N–H and O–H groups in total. The lowest BCUT2D eigenvalue weighted by Gasteiger charge is -2.11. The number of benzene rings is 1. The van der Waals surface area contributed by atoms with Gasteiger partial charge in [0, 0.05) is 16.3 Å². The van der Waals surface area contributed by atoms with E-state index in [0.29, 0.717) is 6.54 Å². The highest BCUT2D eigenvalue weighted by Crippen LogP contribution is 2.30. The molecule has 0 spiro atoms. The minimum Gasteiger partial charge on any atom is -0.495 e. The van der Waals surface area contributed by atoms with Crippen LogP contribution in [0.25, 0.3) is 0 Å². The molecule has 0 fully saturated rings. The average Bonchev–Trinajstić information content (AvgIpc) is 2.82. The lowest BCUT2D eigenvalue weighted by molar-refractivity contribution is 0.415. The lowest BCUT2D eigenvalue weighted by Crippen LogP contribution is -1.99. The molecular weight excluding hydrogens is 269 g/mol. The summed E-state index contributed by atoms with van der Waals surface area (Å²) in [5.74, 6) is 0.805. The highest BCUT2D eigenvalue weighted by atomic mass is 32.2. The molecule has 96 valence electrons. The van der Waals surface area contributed by atoms with E-state index in [1.807, 2.05) is 24.5 Å². The van der Waals surface area contributed by atoms with Crippen LogP contribution in [0.1, 0.15) is 4.88 Å². The van der Waals surface area contributed by atoms with Gasteiger partial charge in [0.25, 0.3) is 0 Å². The molecule has 1 aromatic heterocycles. The summed E-state index contributed by atoms with van der Waals surface area (Å²) in [5, 5.41) is 3.10. The first-order valence-electron chi connectivity index (χ1n) is 5.43. The summed E-state index contributed by atoms with van der Waals surface area (Å²) in [6.45, 7) is 0.601. The molecule has 0 aliphatic rings. The first-order valence-corrected chi connectivity index (χ1v) is 7.47. The van der Waals surface area contributed by atoms with E-state index in [4.69, 9.17) is 4.74 Å². The van der Waals surface area contributed by atoms with E-state index in [2.05, 4.69) is 5.32 Å². The van der Waals surface area contributed by atoms with Gasteiger partial charge >= 0.3 is 0 Å². The smallest absolute Gasteiger partial charge is 0.176 e. The minimum atomic E-state index is -0.156. The maximum atomic E-state index is 12.9. The monoisotopic (exact) mass is 283 g/mol. The lowest BCUT2D eigenvalue weighted by atomic mass is 10.3. The third-order valence-corrected chi connectivity index (χ3v) is 4.09. The molecule has 18 heavy (non-hydrogen) atoms. The number of anilines is 1. The highest BCUT2D eigenvalue weighted by molar-refractivity contribution is 7.98. The summed E-state index contributed by atoms with van der Waals surface area (Å²) in [6.07, 6.45) is 2.02. The van der Waals surface area contributed by atoms with Crippen LogP contribution in [0.4, 0.5) is 10.1 Å². The fourth-order valence-corrected chi connectivity index (χ4v) is 2.67. The number of thioether (sulfide) groups is 1. The fourth-order valence-electron chi connectivity index (χ4n) is 1.57. The van der Waals surface area contributed by atoms with Gasteiger partial charge in [0.05, 0.1) is 12.8 Å². The Bertz CT molecular complexity index is 527. The van der Waals surface area contributed by atoms with Crippen molar-refractivity contribution in [1.29, 1.82) is 0 Å². The largest absolute Gasteiger partial charge is 0.495 e. The molecule has 0 unspecified atom stereocenters. The van der Waals surface area contributed by atoms with E-state index >= 15 is 0 Å². The Morgan fingerprint density at radius 1 is 1.33 bits per heavy atom. The zero-order valence-electron chi connectivity index (χ0n) is 10.2. The predicted octanol–water partition coefficient (Wildman–Crippen LogP) is 4.23. The SMILES string of the molecule is COc1cc(SC)ccc1NCc1ccc(F)s1. The van der Waals surface area contributed by atoms with Crippen LogP contribution in [0.5, 0.6) is 5.75 Å².